The summed E-state index contributed by atoms with van der Waals surface area (Å²) < 4.78 is 15.9. The summed E-state index contributed by atoms with van der Waals surface area (Å²) in [5.74, 6) is -0.355. The fourth-order valence-corrected chi connectivity index (χ4v) is 2.81. The molecule has 0 N–H and O–H groups in total. The van der Waals surface area contributed by atoms with E-state index in [0.29, 0.717) is 43.1 Å². The zero-order chi connectivity index (χ0) is 18.4. The Kier molecular flexibility index (Phi) is 6.58. The van der Waals surface area contributed by atoms with Crippen LogP contribution in [0.4, 0.5) is 0 Å². The Balaban J connectivity index is 2.30. The summed E-state index contributed by atoms with van der Waals surface area (Å²) in [4.78, 5) is 26.1. The molecule has 1 aromatic heterocycles. The molecule has 0 aliphatic rings. The average molecular weight is 347 g/mol. The number of furan rings is 1. The maximum absolute atomic E-state index is 12.4. The van der Waals surface area contributed by atoms with Crippen LogP contribution in [-0.2, 0) is 20.8 Å². The van der Waals surface area contributed by atoms with Crippen molar-refractivity contribution in [2.24, 2.45) is 5.92 Å². The molecule has 136 valence electrons. The number of nitrogens with zero attached hydrogens (tertiary/aromatic N) is 1. The molecule has 0 aliphatic carbocycles. The van der Waals surface area contributed by atoms with Crippen LogP contribution in [-0.4, -0.2) is 43.6 Å². The number of benzene rings is 1. The Bertz CT molecular complexity index is 736. The molecular formula is C19H25NO5. The third-order valence-electron chi connectivity index (χ3n) is 4.10. The first-order valence-corrected chi connectivity index (χ1v) is 8.49. The van der Waals surface area contributed by atoms with E-state index in [-0.39, 0.29) is 17.9 Å². The predicted octanol–water partition coefficient (Wildman–Crippen LogP) is 3.24. The van der Waals surface area contributed by atoms with Gasteiger partial charge in [-0.25, -0.2) is 4.79 Å². The molecule has 0 spiro atoms. The minimum Gasteiger partial charge on any atom is -0.469 e. The topological polar surface area (TPSA) is 69.0 Å². The van der Waals surface area contributed by atoms with Gasteiger partial charge in [0.2, 0.25) is 0 Å². The van der Waals surface area contributed by atoms with Crippen molar-refractivity contribution < 1.29 is 23.5 Å². The summed E-state index contributed by atoms with van der Waals surface area (Å²) >= 11 is 0. The largest absolute Gasteiger partial charge is 0.469 e. The number of hydrogen-bond acceptors (Lipinski definition) is 6. The van der Waals surface area contributed by atoms with Crippen LogP contribution in [0.3, 0.4) is 0 Å². The molecule has 2 aromatic rings. The number of carbonyl (C=O) groups is 2. The molecule has 0 bridgehead atoms. The van der Waals surface area contributed by atoms with Crippen LogP contribution in [0.2, 0.25) is 0 Å². The van der Waals surface area contributed by atoms with E-state index in [1.165, 1.54) is 7.11 Å². The second kappa shape index (κ2) is 8.67. The van der Waals surface area contributed by atoms with Gasteiger partial charge in [0.05, 0.1) is 26.2 Å². The molecule has 0 aliphatic heterocycles. The highest BCUT2D eigenvalue weighted by molar-refractivity contribution is 6.04. The molecule has 25 heavy (non-hydrogen) atoms. The molecule has 2 rings (SSSR count). The normalized spacial score (nSPS) is 12.4. The van der Waals surface area contributed by atoms with Gasteiger partial charge in [-0.1, -0.05) is 32.0 Å². The summed E-state index contributed by atoms with van der Waals surface area (Å²) in [5, 5.41) is 0.744. The quantitative estimate of drug-likeness (QED) is 0.683. The van der Waals surface area contributed by atoms with Gasteiger partial charge in [-0.05, 0) is 19.5 Å². The van der Waals surface area contributed by atoms with Crippen molar-refractivity contribution >= 4 is 22.9 Å². The first-order valence-electron chi connectivity index (χ1n) is 8.49. The van der Waals surface area contributed by atoms with Crippen LogP contribution in [0.25, 0.3) is 11.0 Å². The van der Waals surface area contributed by atoms with Crippen LogP contribution >= 0.6 is 0 Å². The molecule has 0 saturated carbocycles. The van der Waals surface area contributed by atoms with Crippen LogP contribution in [0.5, 0.6) is 0 Å². The van der Waals surface area contributed by atoms with Crippen molar-refractivity contribution in [3.8, 4) is 0 Å². The van der Waals surface area contributed by atoms with E-state index >= 15 is 0 Å². The monoisotopic (exact) mass is 347 g/mol. The Morgan fingerprint density at radius 1 is 1.24 bits per heavy atom. The molecular weight excluding hydrogens is 322 g/mol. The van der Waals surface area contributed by atoms with Crippen LogP contribution in [0.15, 0.2) is 28.7 Å². The van der Waals surface area contributed by atoms with E-state index in [0.717, 1.165) is 5.39 Å². The highest BCUT2D eigenvalue weighted by Crippen LogP contribution is 2.28. The van der Waals surface area contributed by atoms with Crippen LogP contribution in [0.1, 0.15) is 36.9 Å². The van der Waals surface area contributed by atoms with Crippen LogP contribution in [0, 0.1) is 5.92 Å². The number of para-hydroxylation sites is 1. The number of ether oxygens (including phenoxy) is 2. The number of methoxy groups -OCH3 is 1. The van der Waals surface area contributed by atoms with E-state index in [1.807, 2.05) is 43.0 Å². The highest BCUT2D eigenvalue weighted by atomic mass is 16.5. The second-order valence-corrected chi connectivity index (χ2v) is 5.87. The summed E-state index contributed by atoms with van der Waals surface area (Å²) in [7, 11) is 1.38. The SMILES string of the molecule is CCOC(=O)c1c(CN(CC)CC(C)C(=O)OC)oc2ccccc12. The van der Waals surface area contributed by atoms with Gasteiger partial charge in [-0.2, -0.15) is 0 Å². The molecule has 1 unspecified atom stereocenters. The van der Waals surface area contributed by atoms with E-state index in [2.05, 4.69) is 0 Å². The van der Waals surface area contributed by atoms with Crippen molar-refractivity contribution in [1.29, 1.82) is 0 Å². The molecule has 0 saturated heterocycles. The van der Waals surface area contributed by atoms with E-state index in [1.54, 1.807) is 6.92 Å². The number of rotatable bonds is 8. The molecule has 6 heteroatoms. The average Bonchev–Trinajstić information content (AvgIpc) is 2.98. The number of esters is 2. The van der Waals surface area contributed by atoms with Crippen molar-refractivity contribution in [3.63, 3.8) is 0 Å². The lowest BCUT2D eigenvalue weighted by molar-refractivity contribution is -0.145. The predicted molar refractivity (Wildman–Crippen MR) is 94.3 cm³/mol. The molecule has 0 radical (unpaired) electrons. The van der Waals surface area contributed by atoms with Gasteiger partial charge >= 0.3 is 11.9 Å². The lowest BCUT2D eigenvalue weighted by Gasteiger charge is -2.22. The van der Waals surface area contributed by atoms with Gasteiger partial charge in [0.15, 0.2) is 0 Å². The summed E-state index contributed by atoms with van der Waals surface area (Å²) in [6.45, 7) is 7.53. The van der Waals surface area contributed by atoms with Gasteiger partial charge in [0.1, 0.15) is 16.9 Å². The molecule has 0 fully saturated rings. The van der Waals surface area contributed by atoms with Gasteiger partial charge < -0.3 is 13.9 Å². The highest BCUT2D eigenvalue weighted by Gasteiger charge is 2.24. The fraction of sp³-hybridized carbons (Fsp3) is 0.474. The van der Waals surface area contributed by atoms with Gasteiger partial charge in [0.25, 0.3) is 0 Å². The Morgan fingerprint density at radius 3 is 2.60 bits per heavy atom. The molecule has 1 heterocycles. The van der Waals surface area contributed by atoms with E-state index in [4.69, 9.17) is 13.9 Å². The lowest BCUT2D eigenvalue weighted by atomic mass is 10.1. The fourth-order valence-electron chi connectivity index (χ4n) is 2.81. The number of hydrogen-bond donors (Lipinski definition) is 0. The van der Waals surface area contributed by atoms with Crippen molar-refractivity contribution in [3.05, 3.63) is 35.6 Å². The summed E-state index contributed by atoms with van der Waals surface area (Å²) in [6, 6.07) is 7.40. The zero-order valence-corrected chi connectivity index (χ0v) is 15.2. The standard InChI is InChI=1S/C19H25NO5/c1-5-20(11-13(3)18(21)23-4)12-16-17(19(22)24-6-2)14-9-7-8-10-15(14)25-16/h7-10,13H,5-6,11-12H2,1-4H3. The van der Waals surface area contributed by atoms with Gasteiger partial charge in [-0.15, -0.1) is 0 Å². The third kappa shape index (κ3) is 4.39. The maximum atomic E-state index is 12.4. The van der Waals surface area contributed by atoms with Crippen molar-refractivity contribution in [2.75, 3.05) is 26.8 Å². The number of carbonyl (C=O) groups excluding carboxylic acids is 2. The minimum atomic E-state index is -0.389. The molecule has 6 nitrogen and oxygen atoms in total. The molecule has 0 amide bonds. The van der Waals surface area contributed by atoms with E-state index in [9.17, 15) is 9.59 Å². The van der Waals surface area contributed by atoms with Gasteiger partial charge in [0, 0.05) is 11.9 Å². The first-order chi connectivity index (χ1) is 12.0. The summed E-state index contributed by atoms with van der Waals surface area (Å²) in [6.07, 6.45) is 0. The molecule has 1 aromatic carbocycles. The Labute approximate surface area is 147 Å². The Hall–Kier alpha value is -2.34. The first kappa shape index (κ1) is 19.0. The smallest absolute Gasteiger partial charge is 0.342 e. The number of fused-ring (bicyclic) bond motifs is 1. The summed E-state index contributed by atoms with van der Waals surface area (Å²) in [5.41, 5.74) is 1.11. The third-order valence-corrected chi connectivity index (χ3v) is 4.10. The van der Waals surface area contributed by atoms with Gasteiger partial charge in [-0.3, -0.25) is 9.69 Å². The lowest BCUT2D eigenvalue weighted by Crippen LogP contribution is -2.32. The van der Waals surface area contributed by atoms with Crippen LogP contribution < -0.4 is 0 Å². The second-order valence-electron chi connectivity index (χ2n) is 5.87. The zero-order valence-electron chi connectivity index (χ0n) is 15.2. The maximum Gasteiger partial charge on any atom is 0.342 e. The van der Waals surface area contributed by atoms with E-state index < -0.39 is 0 Å². The van der Waals surface area contributed by atoms with Crippen molar-refractivity contribution in [2.45, 2.75) is 27.3 Å². The Morgan fingerprint density at radius 2 is 1.96 bits per heavy atom. The van der Waals surface area contributed by atoms with Crippen molar-refractivity contribution in [1.82, 2.24) is 4.90 Å². The molecule has 1 atom stereocenters. The minimum absolute atomic E-state index is 0.256.